The predicted octanol–water partition coefficient (Wildman–Crippen LogP) is 17.3. The molecule has 0 spiro atoms. The Hall–Kier alpha value is -10.4. The Balaban J connectivity index is 1.20. The molecule has 78 heavy (non-hydrogen) atoms. The van der Waals surface area contributed by atoms with Crippen molar-refractivity contribution in [3.05, 3.63) is 254 Å². The lowest BCUT2D eigenvalue weighted by Gasteiger charge is -2.27. The predicted molar refractivity (Wildman–Crippen MR) is 321 cm³/mol. The highest BCUT2D eigenvalue weighted by Gasteiger charge is 2.33. The summed E-state index contributed by atoms with van der Waals surface area (Å²) in [5.41, 5.74) is 21.4. The average Bonchev–Trinajstić information content (AvgIpc) is 4.37. The molecule has 8 aromatic carbocycles. The van der Waals surface area contributed by atoms with E-state index in [1.54, 1.807) is 0 Å². The van der Waals surface area contributed by atoms with E-state index in [4.69, 9.17) is 19.9 Å². The quantitative estimate of drug-likeness (QED) is 0.159. The molecule has 8 heterocycles. The summed E-state index contributed by atoms with van der Waals surface area (Å²) < 4.78 is 9.65. The van der Waals surface area contributed by atoms with Crippen molar-refractivity contribution in [2.24, 2.45) is 0 Å². The molecule has 16 rings (SSSR count). The van der Waals surface area contributed by atoms with E-state index in [1.807, 2.05) is 30.7 Å². The molecule has 8 nitrogen and oxygen atoms in total. The Kier molecular flexibility index (Phi) is 9.59. The Morgan fingerprint density at radius 1 is 0.269 bits per heavy atom. The van der Waals surface area contributed by atoms with Gasteiger partial charge >= 0.3 is 0 Å². The van der Waals surface area contributed by atoms with Crippen LogP contribution in [0.4, 0.5) is 0 Å². The van der Waals surface area contributed by atoms with Crippen LogP contribution in [-0.4, -0.2) is 38.2 Å². The van der Waals surface area contributed by atoms with Gasteiger partial charge in [-0.15, -0.1) is 0 Å². The van der Waals surface area contributed by atoms with Gasteiger partial charge in [-0.1, -0.05) is 157 Å². The van der Waals surface area contributed by atoms with Crippen molar-refractivity contribution in [3.8, 4) is 56.4 Å². The maximum absolute atomic E-state index is 6.41. The van der Waals surface area contributed by atoms with Crippen LogP contribution in [0.5, 0.6) is 0 Å². The fourth-order valence-electron chi connectivity index (χ4n) is 12.6. The molecule has 0 aliphatic carbocycles. The monoisotopic (exact) mass is 998 g/mol. The first-order valence-corrected chi connectivity index (χ1v) is 26.5. The van der Waals surface area contributed by atoms with Gasteiger partial charge in [0.05, 0.1) is 60.7 Å². The van der Waals surface area contributed by atoms with Crippen LogP contribution in [0.15, 0.2) is 243 Å². The Morgan fingerprint density at radius 3 is 1.08 bits per heavy atom. The van der Waals surface area contributed by atoms with Gasteiger partial charge in [-0.05, 0) is 121 Å². The van der Waals surface area contributed by atoms with Gasteiger partial charge in [0.25, 0.3) is 0 Å². The second-order valence-corrected chi connectivity index (χ2v) is 20.4. The minimum Gasteiger partial charge on any atom is -0.304 e. The number of hydrogen-bond donors (Lipinski definition) is 0. The van der Waals surface area contributed by atoms with Crippen LogP contribution in [0.1, 0.15) is 11.1 Å². The zero-order valence-electron chi connectivity index (χ0n) is 42.7. The number of aromatic nitrogens is 8. The average molecular weight is 999 g/mol. The molecular weight excluding hydrogens is 953 g/mol. The lowest BCUT2D eigenvalue weighted by atomic mass is 9.97. The van der Waals surface area contributed by atoms with Crippen molar-refractivity contribution >= 4 is 87.6 Å². The van der Waals surface area contributed by atoms with Crippen molar-refractivity contribution in [2.45, 2.75) is 13.8 Å². The molecule has 8 heteroatoms. The van der Waals surface area contributed by atoms with Gasteiger partial charge in [0.15, 0.2) is 11.6 Å². The molecule has 0 N–H and O–H groups in total. The molecule has 0 saturated carbocycles. The van der Waals surface area contributed by atoms with Crippen molar-refractivity contribution in [2.75, 3.05) is 0 Å². The molecule has 0 fully saturated rings. The first kappa shape index (κ1) is 43.9. The van der Waals surface area contributed by atoms with Gasteiger partial charge < -0.3 is 9.13 Å². The molecule has 366 valence electrons. The van der Waals surface area contributed by atoms with E-state index in [2.05, 4.69) is 244 Å². The summed E-state index contributed by atoms with van der Waals surface area (Å²) >= 11 is 0. The van der Waals surface area contributed by atoms with Crippen molar-refractivity contribution in [3.63, 3.8) is 0 Å². The van der Waals surface area contributed by atoms with Gasteiger partial charge in [-0.25, -0.2) is 4.98 Å². The highest BCUT2D eigenvalue weighted by atomic mass is 15.2. The number of para-hydroxylation sites is 3. The number of pyridine rings is 4. The Labute approximate surface area is 448 Å². The molecule has 8 aromatic heterocycles. The van der Waals surface area contributed by atoms with E-state index in [9.17, 15) is 0 Å². The van der Waals surface area contributed by atoms with E-state index in [1.165, 1.54) is 0 Å². The van der Waals surface area contributed by atoms with Crippen LogP contribution in [0.3, 0.4) is 0 Å². The zero-order valence-corrected chi connectivity index (χ0v) is 42.7. The number of benzene rings is 8. The van der Waals surface area contributed by atoms with E-state index in [0.29, 0.717) is 0 Å². The van der Waals surface area contributed by atoms with E-state index < -0.39 is 0 Å². The van der Waals surface area contributed by atoms with Gasteiger partial charge in [0, 0.05) is 51.1 Å². The smallest absolute Gasteiger partial charge is 0.165 e. The SMILES string of the molecule is Cc1cc(C)cc(-c2c(-n3c4ccccc4c4ncccc43)c(-n3c4ccc(-c5ccccc5)cc4c4cc(-c5ccccc5)ccc43)nc(-n3c4ccccc4c4ncccc43)c2-n2c3ccccc3c3ncccc32)c1. The molecule has 0 atom stereocenters. The molecule has 16 aromatic rings. The van der Waals surface area contributed by atoms with Crippen LogP contribution in [0, 0.1) is 13.8 Å². The van der Waals surface area contributed by atoms with Gasteiger partial charge in [0.1, 0.15) is 11.4 Å². The fourth-order valence-corrected chi connectivity index (χ4v) is 12.6. The standard InChI is InChI=1S/C70H46N8/c1-43-38-44(2)40-49(39-43)63-67(75-55-25-12-9-22-50(55)64-60(75)28-15-35-71-64)69(77-58-33-31-47(45-18-5-3-6-19-45)41-53(58)54-42-48(32-34-59(54)77)46-20-7-4-8-21-46)74-70(78-57-27-14-11-24-52(57)66-62(78)30-17-37-73-66)68(63)76-56-26-13-10-23-51(56)65-61(76)29-16-36-72-65/h3-42H,1-2H3. The minimum absolute atomic E-state index is 0.740. The second-order valence-electron chi connectivity index (χ2n) is 20.4. The number of fused-ring (bicyclic) bond motifs is 12. The highest BCUT2D eigenvalue weighted by Crippen LogP contribution is 2.49. The molecular formula is C70H46N8. The van der Waals surface area contributed by atoms with Gasteiger partial charge in [-0.2, -0.15) is 0 Å². The van der Waals surface area contributed by atoms with Crippen molar-refractivity contribution in [1.29, 1.82) is 0 Å². The van der Waals surface area contributed by atoms with Crippen molar-refractivity contribution < 1.29 is 0 Å². The number of nitrogens with zero attached hydrogens (tertiary/aromatic N) is 8. The maximum Gasteiger partial charge on any atom is 0.165 e. The summed E-state index contributed by atoms with van der Waals surface area (Å²) in [6.45, 7) is 4.40. The van der Waals surface area contributed by atoms with E-state index in [-0.39, 0.29) is 0 Å². The zero-order chi connectivity index (χ0) is 51.6. The van der Waals surface area contributed by atoms with E-state index >= 15 is 0 Å². The minimum atomic E-state index is 0.740. The fraction of sp³-hybridized carbons (Fsp3) is 0.0286. The summed E-state index contributed by atoms with van der Waals surface area (Å²) in [5.74, 6) is 1.49. The van der Waals surface area contributed by atoms with Crippen molar-refractivity contribution in [1.82, 2.24) is 38.2 Å². The highest BCUT2D eigenvalue weighted by molar-refractivity contribution is 6.15. The molecule has 0 unspecified atom stereocenters. The lowest BCUT2D eigenvalue weighted by Crippen LogP contribution is -2.16. The Bertz CT molecular complexity index is 4840. The van der Waals surface area contributed by atoms with E-state index in [0.717, 1.165) is 155 Å². The summed E-state index contributed by atoms with van der Waals surface area (Å²) in [6, 6.07) is 80.8. The third kappa shape index (κ3) is 6.47. The van der Waals surface area contributed by atoms with Crippen LogP contribution >= 0.6 is 0 Å². The third-order valence-corrected chi connectivity index (χ3v) is 15.8. The van der Waals surface area contributed by atoms with Crippen LogP contribution in [0.2, 0.25) is 0 Å². The number of aryl methyl sites for hydroxylation is 2. The molecule has 0 saturated heterocycles. The number of rotatable bonds is 7. The van der Waals surface area contributed by atoms with Gasteiger partial charge in [0.2, 0.25) is 0 Å². The summed E-state index contributed by atoms with van der Waals surface area (Å²) in [5, 5.41) is 5.37. The topological polar surface area (TPSA) is 71.3 Å². The largest absolute Gasteiger partial charge is 0.304 e. The number of hydrogen-bond acceptors (Lipinski definition) is 4. The third-order valence-electron chi connectivity index (χ3n) is 15.8. The van der Waals surface area contributed by atoms with Crippen LogP contribution in [-0.2, 0) is 0 Å². The summed E-state index contributed by atoms with van der Waals surface area (Å²) in [7, 11) is 0. The summed E-state index contributed by atoms with van der Waals surface area (Å²) in [6.07, 6.45) is 5.69. The lowest BCUT2D eigenvalue weighted by molar-refractivity contribution is 0.960. The van der Waals surface area contributed by atoms with Crippen LogP contribution in [0.25, 0.3) is 144 Å². The van der Waals surface area contributed by atoms with Crippen LogP contribution < -0.4 is 0 Å². The second kappa shape index (κ2) is 17.0. The maximum atomic E-state index is 6.41. The first-order chi connectivity index (χ1) is 38.6. The van der Waals surface area contributed by atoms with Gasteiger partial charge in [-0.3, -0.25) is 24.1 Å². The molecule has 0 aliphatic heterocycles. The normalized spacial score (nSPS) is 12.0. The summed E-state index contributed by atoms with van der Waals surface area (Å²) in [4.78, 5) is 21.8. The molecule has 0 radical (unpaired) electrons. The molecule has 0 bridgehead atoms. The molecule has 0 aliphatic rings. The molecule has 0 amide bonds. The first-order valence-electron chi connectivity index (χ1n) is 26.5. The Morgan fingerprint density at radius 2 is 0.628 bits per heavy atom.